The molecule has 0 spiro atoms. The highest BCUT2D eigenvalue weighted by Gasteiger charge is 2.24. The quantitative estimate of drug-likeness (QED) is 0.669. The fraction of sp³-hybridized carbons (Fsp3) is 0.200. The molecule has 1 N–H and O–H groups in total. The number of aromatic nitrogens is 2. The maximum atomic E-state index is 13.8. The number of halogens is 2. The Hall–Kier alpha value is -3.27. The third kappa shape index (κ3) is 4.18. The van der Waals surface area contributed by atoms with Gasteiger partial charge in [-0.1, -0.05) is 24.3 Å². The number of piperazine rings is 1. The van der Waals surface area contributed by atoms with E-state index in [0.29, 0.717) is 19.0 Å². The van der Waals surface area contributed by atoms with E-state index in [1.54, 1.807) is 0 Å². The maximum absolute atomic E-state index is 13.8. The van der Waals surface area contributed by atoms with E-state index in [1.165, 1.54) is 12.4 Å². The van der Waals surface area contributed by atoms with Gasteiger partial charge >= 0.3 is 0 Å². The Labute approximate surface area is 173 Å². The molecule has 2 aromatic carbocycles. The normalized spacial score (nSPS) is 14.6. The zero-order valence-electron chi connectivity index (χ0n) is 15.9. The number of sulfonamides is 1. The van der Waals surface area contributed by atoms with Crippen molar-refractivity contribution in [2.24, 2.45) is 0 Å². The molecule has 1 aromatic heterocycles. The molecule has 10 heteroatoms. The van der Waals surface area contributed by atoms with E-state index in [0.717, 1.165) is 37.0 Å². The summed E-state index contributed by atoms with van der Waals surface area (Å²) in [5.74, 6) is -1.88. The monoisotopic (exact) mass is 431 g/mol. The maximum Gasteiger partial charge on any atom is 0.267 e. The van der Waals surface area contributed by atoms with Gasteiger partial charge in [-0.3, -0.25) is 4.72 Å². The van der Waals surface area contributed by atoms with Crippen LogP contribution in [0.25, 0.3) is 0 Å². The molecule has 0 bridgehead atoms. The van der Waals surface area contributed by atoms with Crippen LogP contribution in [0.2, 0.25) is 0 Å². The molecule has 4 rings (SSSR count). The zero-order chi connectivity index (χ0) is 21.1. The Kier molecular flexibility index (Phi) is 5.49. The predicted octanol–water partition coefficient (Wildman–Crippen LogP) is 2.88. The van der Waals surface area contributed by atoms with Crippen LogP contribution in [0.4, 0.5) is 26.1 Å². The lowest BCUT2D eigenvalue weighted by Gasteiger charge is -2.36. The summed E-state index contributed by atoms with van der Waals surface area (Å²) in [7, 11) is -4.45. The lowest BCUT2D eigenvalue weighted by atomic mass is 10.2. The van der Waals surface area contributed by atoms with Gasteiger partial charge in [-0.15, -0.1) is 0 Å². The van der Waals surface area contributed by atoms with E-state index in [2.05, 4.69) is 31.7 Å². The number of rotatable bonds is 5. The molecule has 0 radical (unpaired) electrons. The average Bonchev–Trinajstić information content (AvgIpc) is 2.74. The fourth-order valence-corrected chi connectivity index (χ4v) is 4.45. The van der Waals surface area contributed by atoms with Crippen LogP contribution in [0, 0.1) is 11.6 Å². The molecule has 0 amide bonds. The van der Waals surface area contributed by atoms with Gasteiger partial charge < -0.3 is 9.80 Å². The number of nitrogens with one attached hydrogen (secondary N) is 1. The Balaban J connectivity index is 1.42. The van der Waals surface area contributed by atoms with Crippen molar-refractivity contribution in [2.75, 3.05) is 40.7 Å². The molecular weight excluding hydrogens is 412 g/mol. The van der Waals surface area contributed by atoms with Crippen molar-refractivity contribution >= 4 is 27.3 Å². The van der Waals surface area contributed by atoms with Crippen LogP contribution in [0.15, 0.2) is 65.8 Å². The summed E-state index contributed by atoms with van der Waals surface area (Å²) >= 11 is 0. The zero-order valence-corrected chi connectivity index (χ0v) is 16.7. The van der Waals surface area contributed by atoms with Gasteiger partial charge in [-0.25, -0.2) is 27.2 Å². The lowest BCUT2D eigenvalue weighted by molar-refractivity contribution is 0.521. The standard InChI is InChI=1S/C20H19F2N5O2S/c21-17-7-4-8-18(22)19(17)30(28,29)25-15-13-23-20(24-14-15)27-11-9-26(10-12-27)16-5-2-1-3-6-16/h1-8,13-14,25H,9-12H2. The van der Waals surface area contributed by atoms with Crippen LogP contribution in [0.3, 0.4) is 0 Å². The highest BCUT2D eigenvalue weighted by molar-refractivity contribution is 7.92. The van der Waals surface area contributed by atoms with Crippen molar-refractivity contribution in [2.45, 2.75) is 4.90 Å². The van der Waals surface area contributed by atoms with Crippen LogP contribution in [-0.4, -0.2) is 44.6 Å². The average molecular weight is 431 g/mol. The summed E-state index contributed by atoms with van der Waals surface area (Å²) in [4.78, 5) is 11.6. The van der Waals surface area contributed by atoms with Gasteiger partial charge in [0.1, 0.15) is 11.6 Å². The first-order valence-electron chi connectivity index (χ1n) is 9.28. The molecule has 1 aliphatic rings. The third-order valence-corrected chi connectivity index (χ3v) is 6.19. The van der Waals surface area contributed by atoms with Crippen LogP contribution in [-0.2, 0) is 10.0 Å². The third-order valence-electron chi connectivity index (χ3n) is 4.76. The van der Waals surface area contributed by atoms with Crippen molar-refractivity contribution in [3.8, 4) is 0 Å². The first-order valence-corrected chi connectivity index (χ1v) is 10.8. The highest BCUT2D eigenvalue weighted by Crippen LogP contribution is 2.22. The second-order valence-electron chi connectivity index (χ2n) is 6.74. The molecule has 7 nitrogen and oxygen atoms in total. The number of benzene rings is 2. The molecule has 0 atom stereocenters. The number of hydrogen-bond donors (Lipinski definition) is 1. The summed E-state index contributed by atoms with van der Waals surface area (Å²) in [5.41, 5.74) is 1.17. The molecule has 30 heavy (non-hydrogen) atoms. The molecule has 1 aliphatic heterocycles. The van der Waals surface area contributed by atoms with Gasteiger partial charge in [-0.05, 0) is 24.3 Å². The Bertz CT molecular complexity index is 1100. The molecule has 2 heterocycles. The smallest absolute Gasteiger partial charge is 0.267 e. The van der Waals surface area contributed by atoms with E-state index in [4.69, 9.17) is 0 Å². The topological polar surface area (TPSA) is 78.4 Å². The first kappa shape index (κ1) is 20.0. The van der Waals surface area contributed by atoms with Gasteiger partial charge in [0.2, 0.25) is 5.95 Å². The summed E-state index contributed by atoms with van der Waals surface area (Å²) in [6.07, 6.45) is 2.56. The number of nitrogens with zero attached hydrogens (tertiary/aromatic N) is 4. The van der Waals surface area contributed by atoms with Gasteiger partial charge in [0.15, 0.2) is 4.90 Å². The summed E-state index contributed by atoms with van der Waals surface area (Å²) in [5, 5.41) is 0. The Morgan fingerprint density at radius 3 is 1.97 bits per heavy atom. The van der Waals surface area contributed by atoms with Crippen molar-refractivity contribution in [1.29, 1.82) is 0 Å². The largest absolute Gasteiger partial charge is 0.368 e. The van der Waals surface area contributed by atoms with E-state index in [9.17, 15) is 17.2 Å². The second kappa shape index (κ2) is 8.23. The van der Waals surface area contributed by atoms with Crippen LogP contribution in [0.1, 0.15) is 0 Å². The van der Waals surface area contributed by atoms with Gasteiger partial charge in [0.25, 0.3) is 10.0 Å². The van der Waals surface area contributed by atoms with E-state index >= 15 is 0 Å². The van der Waals surface area contributed by atoms with E-state index in [-0.39, 0.29) is 5.69 Å². The number of para-hydroxylation sites is 1. The van der Waals surface area contributed by atoms with E-state index < -0.39 is 26.6 Å². The van der Waals surface area contributed by atoms with Crippen LogP contribution < -0.4 is 14.5 Å². The Morgan fingerprint density at radius 2 is 1.37 bits per heavy atom. The number of hydrogen-bond acceptors (Lipinski definition) is 6. The van der Waals surface area contributed by atoms with Crippen molar-refractivity contribution in [1.82, 2.24) is 9.97 Å². The minimum absolute atomic E-state index is 0.0179. The van der Waals surface area contributed by atoms with Crippen LogP contribution >= 0.6 is 0 Å². The predicted molar refractivity (Wildman–Crippen MR) is 110 cm³/mol. The first-order chi connectivity index (χ1) is 14.4. The molecule has 1 fully saturated rings. The molecule has 1 saturated heterocycles. The minimum Gasteiger partial charge on any atom is -0.368 e. The Morgan fingerprint density at radius 1 is 0.800 bits per heavy atom. The van der Waals surface area contributed by atoms with E-state index in [1.807, 2.05) is 23.1 Å². The molecule has 156 valence electrons. The lowest BCUT2D eigenvalue weighted by Crippen LogP contribution is -2.47. The van der Waals surface area contributed by atoms with Crippen molar-refractivity contribution < 1.29 is 17.2 Å². The summed E-state index contributed by atoms with van der Waals surface area (Å²) in [6.45, 7) is 3.02. The van der Waals surface area contributed by atoms with Gasteiger partial charge in [0, 0.05) is 31.9 Å². The molecule has 3 aromatic rings. The molecule has 0 saturated carbocycles. The van der Waals surface area contributed by atoms with Gasteiger partial charge in [-0.2, -0.15) is 0 Å². The molecule has 0 aliphatic carbocycles. The van der Waals surface area contributed by atoms with Crippen molar-refractivity contribution in [3.63, 3.8) is 0 Å². The van der Waals surface area contributed by atoms with Crippen LogP contribution in [0.5, 0.6) is 0 Å². The minimum atomic E-state index is -4.45. The van der Waals surface area contributed by atoms with Crippen molar-refractivity contribution in [3.05, 3.63) is 72.6 Å². The fourth-order valence-electron chi connectivity index (χ4n) is 3.29. The molecule has 0 unspecified atom stereocenters. The second-order valence-corrected chi connectivity index (χ2v) is 8.36. The van der Waals surface area contributed by atoms with Gasteiger partial charge in [0.05, 0.1) is 18.1 Å². The SMILES string of the molecule is O=S(=O)(Nc1cnc(N2CCN(c3ccccc3)CC2)nc1)c1c(F)cccc1F. The molecular formula is C20H19F2N5O2S. The number of anilines is 3. The summed E-state index contributed by atoms with van der Waals surface area (Å²) < 4.78 is 54.4. The summed E-state index contributed by atoms with van der Waals surface area (Å²) in [6, 6.07) is 13.0. The highest BCUT2D eigenvalue weighted by atomic mass is 32.2.